The maximum absolute atomic E-state index is 5.72. The van der Waals surface area contributed by atoms with E-state index in [2.05, 4.69) is 19.7 Å². The van der Waals surface area contributed by atoms with Gasteiger partial charge in [0.2, 0.25) is 0 Å². The van der Waals surface area contributed by atoms with E-state index in [4.69, 9.17) is 5.73 Å². The van der Waals surface area contributed by atoms with E-state index < -0.39 is 0 Å². The second kappa shape index (κ2) is 5.59. The molecule has 2 aliphatic rings. The van der Waals surface area contributed by atoms with Gasteiger partial charge in [0, 0.05) is 18.3 Å². The molecule has 1 aromatic heterocycles. The molecule has 18 heavy (non-hydrogen) atoms. The molecule has 0 spiro atoms. The van der Waals surface area contributed by atoms with Crippen LogP contribution >= 0.6 is 11.8 Å². The van der Waals surface area contributed by atoms with Gasteiger partial charge in [0.05, 0.1) is 6.54 Å². The maximum Gasteiger partial charge on any atom is 0.191 e. The second-order valence-corrected chi connectivity index (χ2v) is 6.16. The maximum atomic E-state index is 5.72. The van der Waals surface area contributed by atoms with Crippen LogP contribution in [0.1, 0.15) is 37.5 Å². The zero-order valence-corrected chi connectivity index (χ0v) is 11.5. The molecule has 0 atom stereocenters. The minimum absolute atomic E-state index is 0.496. The summed E-state index contributed by atoms with van der Waals surface area (Å²) in [7, 11) is 0. The Morgan fingerprint density at radius 2 is 2.00 bits per heavy atom. The molecule has 3 rings (SSSR count). The Labute approximate surface area is 112 Å². The van der Waals surface area contributed by atoms with Crippen LogP contribution in [0.5, 0.6) is 0 Å². The zero-order chi connectivity index (χ0) is 12.4. The van der Waals surface area contributed by atoms with Gasteiger partial charge in [0.15, 0.2) is 5.16 Å². The van der Waals surface area contributed by atoms with Gasteiger partial charge in [-0.2, -0.15) is 0 Å². The zero-order valence-electron chi connectivity index (χ0n) is 10.7. The highest BCUT2D eigenvalue weighted by atomic mass is 32.2. The first-order valence-electron chi connectivity index (χ1n) is 6.87. The Morgan fingerprint density at radius 3 is 2.67 bits per heavy atom. The summed E-state index contributed by atoms with van der Waals surface area (Å²) in [5.41, 5.74) is 5.72. The topological polar surface area (TPSA) is 60.0 Å². The van der Waals surface area contributed by atoms with Crippen LogP contribution in [0.15, 0.2) is 5.16 Å². The number of nitrogens with zero attached hydrogens (tertiary/aromatic N) is 4. The summed E-state index contributed by atoms with van der Waals surface area (Å²) in [6.45, 7) is 4.20. The molecule has 0 aromatic carbocycles. The average molecular weight is 267 g/mol. The third kappa shape index (κ3) is 2.70. The Hall–Kier alpha value is -0.590. The molecular weight excluding hydrogens is 246 g/mol. The van der Waals surface area contributed by atoms with Crippen molar-refractivity contribution in [2.24, 2.45) is 5.73 Å². The van der Waals surface area contributed by atoms with Crippen molar-refractivity contribution >= 4 is 11.8 Å². The monoisotopic (exact) mass is 267 g/mol. The Kier molecular flexibility index (Phi) is 3.86. The first-order chi connectivity index (χ1) is 8.88. The highest BCUT2D eigenvalue weighted by Gasteiger charge is 2.29. The second-order valence-electron chi connectivity index (χ2n) is 5.10. The van der Waals surface area contributed by atoms with Crippen LogP contribution in [0.4, 0.5) is 0 Å². The number of hydrogen-bond donors (Lipinski definition) is 1. The average Bonchev–Trinajstić information content (AvgIpc) is 2.93. The first kappa shape index (κ1) is 12.4. The predicted molar refractivity (Wildman–Crippen MR) is 72.6 cm³/mol. The molecule has 0 unspecified atom stereocenters. The van der Waals surface area contributed by atoms with Crippen LogP contribution in [-0.4, -0.2) is 45.1 Å². The molecule has 0 amide bonds. The number of aromatic nitrogens is 3. The SMILES string of the molecule is NCc1nnc(SCCN2CCCC2)n1C1CC1. The van der Waals surface area contributed by atoms with Crippen molar-refractivity contribution in [2.45, 2.75) is 43.4 Å². The minimum atomic E-state index is 0.496. The molecule has 6 heteroatoms. The summed E-state index contributed by atoms with van der Waals surface area (Å²) in [4.78, 5) is 2.54. The molecule has 1 aliphatic heterocycles. The molecule has 2 N–H and O–H groups in total. The van der Waals surface area contributed by atoms with E-state index in [0.717, 1.165) is 16.7 Å². The molecule has 5 nitrogen and oxygen atoms in total. The van der Waals surface area contributed by atoms with E-state index in [0.29, 0.717) is 12.6 Å². The van der Waals surface area contributed by atoms with E-state index in [1.54, 1.807) is 0 Å². The summed E-state index contributed by atoms with van der Waals surface area (Å²) in [5, 5.41) is 9.56. The summed E-state index contributed by atoms with van der Waals surface area (Å²) in [5.74, 6) is 2.05. The fourth-order valence-electron chi connectivity index (χ4n) is 2.52. The van der Waals surface area contributed by atoms with Gasteiger partial charge in [0.25, 0.3) is 0 Å². The molecule has 0 bridgehead atoms. The van der Waals surface area contributed by atoms with Crippen molar-refractivity contribution in [1.29, 1.82) is 0 Å². The fourth-order valence-corrected chi connectivity index (χ4v) is 3.54. The van der Waals surface area contributed by atoms with Crippen LogP contribution in [0.2, 0.25) is 0 Å². The summed E-state index contributed by atoms with van der Waals surface area (Å²) >= 11 is 1.83. The summed E-state index contributed by atoms with van der Waals surface area (Å²) in [6, 6.07) is 0.618. The van der Waals surface area contributed by atoms with Crippen molar-refractivity contribution in [1.82, 2.24) is 19.7 Å². The van der Waals surface area contributed by atoms with Crippen molar-refractivity contribution in [3.05, 3.63) is 5.82 Å². The van der Waals surface area contributed by atoms with Crippen LogP contribution in [0.3, 0.4) is 0 Å². The Bertz CT molecular complexity index is 395. The van der Waals surface area contributed by atoms with Gasteiger partial charge in [-0.25, -0.2) is 0 Å². The minimum Gasteiger partial charge on any atom is -0.324 e. The van der Waals surface area contributed by atoms with Crippen molar-refractivity contribution in [3.8, 4) is 0 Å². The Morgan fingerprint density at radius 1 is 1.22 bits per heavy atom. The number of hydrogen-bond acceptors (Lipinski definition) is 5. The molecule has 1 aromatic rings. The first-order valence-corrected chi connectivity index (χ1v) is 7.86. The van der Waals surface area contributed by atoms with E-state index in [9.17, 15) is 0 Å². The molecule has 2 fully saturated rings. The number of rotatable bonds is 6. The molecule has 2 heterocycles. The van der Waals surface area contributed by atoms with Gasteiger partial charge >= 0.3 is 0 Å². The van der Waals surface area contributed by atoms with Crippen LogP contribution in [-0.2, 0) is 6.54 Å². The number of nitrogens with two attached hydrogens (primary N) is 1. The van der Waals surface area contributed by atoms with Gasteiger partial charge in [0.1, 0.15) is 5.82 Å². The van der Waals surface area contributed by atoms with Gasteiger partial charge in [-0.15, -0.1) is 10.2 Å². The third-order valence-electron chi connectivity index (χ3n) is 3.67. The van der Waals surface area contributed by atoms with E-state index in [1.807, 2.05) is 11.8 Å². The highest BCUT2D eigenvalue weighted by Crippen LogP contribution is 2.38. The lowest BCUT2D eigenvalue weighted by molar-refractivity contribution is 0.362. The lowest BCUT2D eigenvalue weighted by Gasteiger charge is -2.13. The van der Waals surface area contributed by atoms with Gasteiger partial charge < -0.3 is 15.2 Å². The van der Waals surface area contributed by atoms with E-state index >= 15 is 0 Å². The largest absolute Gasteiger partial charge is 0.324 e. The molecule has 0 radical (unpaired) electrons. The van der Waals surface area contributed by atoms with Crippen molar-refractivity contribution in [2.75, 3.05) is 25.4 Å². The Balaban J connectivity index is 1.56. The normalized spacial score (nSPS) is 20.7. The quantitative estimate of drug-likeness (QED) is 0.786. The van der Waals surface area contributed by atoms with Crippen LogP contribution in [0, 0.1) is 0 Å². The van der Waals surface area contributed by atoms with Crippen molar-refractivity contribution in [3.63, 3.8) is 0 Å². The fraction of sp³-hybridized carbons (Fsp3) is 0.833. The van der Waals surface area contributed by atoms with E-state index in [1.165, 1.54) is 45.3 Å². The lowest BCUT2D eigenvalue weighted by atomic mass is 10.4. The highest BCUT2D eigenvalue weighted by molar-refractivity contribution is 7.99. The van der Waals surface area contributed by atoms with Crippen LogP contribution < -0.4 is 5.73 Å². The smallest absolute Gasteiger partial charge is 0.191 e. The summed E-state index contributed by atoms with van der Waals surface area (Å²) in [6.07, 6.45) is 5.23. The summed E-state index contributed by atoms with van der Waals surface area (Å²) < 4.78 is 2.26. The molecule has 1 saturated carbocycles. The predicted octanol–water partition coefficient (Wildman–Crippen LogP) is 1.26. The van der Waals surface area contributed by atoms with Gasteiger partial charge in [-0.3, -0.25) is 0 Å². The molecule has 1 saturated heterocycles. The van der Waals surface area contributed by atoms with Gasteiger partial charge in [-0.05, 0) is 38.8 Å². The molecule has 100 valence electrons. The van der Waals surface area contributed by atoms with E-state index in [-0.39, 0.29) is 0 Å². The van der Waals surface area contributed by atoms with Crippen molar-refractivity contribution < 1.29 is 0 Å². The third-order valence-corrected chi connectivity index (χ3v) is 4.59. The lowest BCUT2D eigenvalue weighted by Crippen LogP contribution is -2.22. The molecular formula is C12H21N5S. The molecule has 1 aliphatic carbocycles. The standard InChI is InChI=1S/C12H21N5S/c13-9-11-14-15-12(17(11)10-3-4-10)18-8-7-16-5-1-2-6-16/h10H,1-9,13H2. The van der Waals surface area contributed by atoms with Gasteiger partial charge in [-0.1, -0.05) is 11.8 Å². The number of thioether (sulfide) groups is 1. The number of likely N-dealkylation sites (tertiary alicyclic amines) is 1. The van der Waals surface area contributed by atoms with Crippen LogP contribution in [0.25, 0.3) is 0 Å².